The van der Waals surface area contributed by atoms with Crippen molar-refractivity contribution in [1.82, 2.24) is 0 Å². The predicted octanol–water partition coefficient (Wildman–Crippen LogP) is -5.86. The average molecular weight is 462 g/mol. The lowest BCUT2D eigenvalue weighted by Gasteiger charge is -2.44. The lowest BCUT2D eigenvalue weighted by molar-refractivity contribution is -0.469. The van der Waals surface area contributed by atoms with Crippen LogP contribution in [0.1, 0.15) is 0 Å². The number of ether oxygens (including phenoxy) is 8. The Morgan fingerprint density at radius 1 is 0.419 bits per heavy atom. The summed E-state index contributed by atoms with van der Waals surface area (Å²) in [5, 5.41) is 76.5. The second-order valence-corrected chi connectivity index (χ2v) is 6.68. The molecular formula is C15H26O16. The van der Waals surface area contributed by atoms with Gasteiger partial charge in [0, 0.05) is 0 Å². The minimum atomic E-state index is -1.86. The maximum Gasteiger partial charge on any atom is 0.212 e. The van der Waals surface area contributed by atoms with Crippen LogP contribution in [0.4, 0.5) is 0 Å². The molecule has 3 saturated heterocycles. The fraction of sp³-hybridized carbons (Fsp3) is 1.00. The Labute approximate surface area is 174 Å². The van der Waals surface area contributed by atoms with Crippen LogP contribution in [0.2, 0.25) is 0 Å². The van der Waals surface area contributed by atoms with Crippen molar-refractivity contribution in [1.29, 1.82) is 0 Å². The molecule has 12 atom stereocenters. The Kier molecular flexibility index (Phi) is 8.86. The lowest BCUT2D eigenvalue weighted by Crippen LogP contribution is -2.59. The molecule has 3 aliphatic heterocycles. The molecule has 182 valence electrons. The molecule has 31 heavy (non-hydrogen) atoms. The van der Waals surface area contributed by atoms with Gasteiger partial charge < -0.3 is 78.7 Å². The van der Waals surface area contributed by atoms with Crippen LogP contribution in [0, 0.1) is 0 Å². The Morgan fingerprint density at radius 2 is 0.839 bits per heavy atom. The molecule has 0 saturated carbocycles. The summed E-state index contributed by atoms with van der Waals surface area (Å²) in [7, 11) is 0. The zero-order valence-electron chi connectivity index (χ0n) is 15.9. The van der Waals surface area contributed by atoms with E-state index in [-0.39, 0.29) is 0 Å². The van der Waals surface area contributed by atoms with Crippen LogP contribution in [0.3, 0.4) is 0 Å². The Balaban J connectivity index is 1.60. The third-order valence-corrected chi connectivity index (χ3v) is 4.47. The fourth-order valence-electron chi connectivity index (χ4n) is 2.89. The molecule has 0 radical (unpaired) electrons. The SMILES string of the molecule is OCC1O[C@H](O[C@H]2OC(O)[C@@H](O)OC2CO)C(O)O[C@@H]1O[C@H]1OC(CO)[C@@H](O)OC1O. The van der Waals surface area contributed by atoms with Crippen LogP contribution < -0.4 is 0 Å². The van der Waals surface area contributed by atoms with Crippen molar-refractivity contribution >= 4 is 0 Å². The molecule has 0 aromatic rings. The highest BCUT2D eigenvalue weighted by Gasteiger charge is 2.47. The topological polar surface area (TPSA) is 236 Å². The molecule has 0 aliphatic carbocycles. The maximum absolute atomic E-state index is 10.2. The molecule has 3 heterocycles. The fourth-order valence-corrected chi connectivity index (χ4v) is 2.89. The third kappa shape index (κ3) is 5.84. The van der Waals surface area contributed by atoms with E-state index < -0.39 is 94.7 Å². The van der Waals surface area contributed by atoms with Gasteiger partial charge in [-0.3, -0.25) is 0 Å². The molecule has 0 aromatic heterocycles. The molecule has 6 unspecified atom stereocenters. The van der Waals surface area contributed by atoms with Crippen LogP contribution in [0.25, 0.3) is 0 Å². The van der Waals surface area contributed by atoms with E-state index in [0.717, 1.165) is 0 Å². The second-order valence-electron chi connectivity index (χ2n) is 6.68. The predicted molar refractivity (Wildman–Crippen MR) is 86.5 cm³/mol. The molecule has 0 aromatic carbocycles. The number of rotatable bonds is 7. The summed E-state index contributed by atoms with van der Waals surface area (Å²) in [4.78, 5) is 0. The third-order valence-electron chi connectivity index (χ3n) is 4.47. The van der Waals surface area contributed by atoms with Gasteiger partial charge in [-0.25, -0.2) is 0 Å². The molecule has 16 nitrogen and oxygen atoms in total. The van der Waals surface area contributed by atoms with E-state index in [1.807, 2.05) is 0 Å². The van der Waals surface area contributed by atoms with Crippen LogP contribution in [-0.2, 0) is 37.9 Å². The molecule has 3 aliphatic rings. The minimum Gasteiger partial charge on any atom is -0.393 e. The van der Waals surface area contributed by atoms with Gasteiger partial charge in [0.15, 0.2) is 18.9 Å². The van der Waals surface area contributed by atoms with Crippen molar-refractivity contribution in [3.63, 3.8) is 0 Å². The van der Waals surface area contributed by atoms with Crippen LogP contribution in [0.5, 0.6) is 0 Å². The molecule has 8 N–H and O–H groups in total. The summed E-state index contributed by atoms with van der Waals surface area (Å²) < 4.78 is 40.9. The molecule has 16 heteroatoms. The van der Waals surface area contributed by atoms with Gasteiger partial charge in [-0.05, 0) is 0 Å². The first-order chi connectivity index (χ1) is 14.8. The summed E-state index contributed by atoms with van der Waals surface area (Å²) in [5.41, 5.74) is 0. The van der Waals surface area contributed by atoms with Crippen molar-refractivity contribution in [2.45, 2.75) is 74.9 Å². The summed E-state index contributed by atoms with van der Waals surface area (Å²) in [6.07, 6.45) is -18.8. The number of aliphatic hydroxyl groups is 8. The molecular weight excluding hydrogens is 436 g/mol. The van der Waals surface area contributed by atoms with Gasteiger partial charge in [0.05, 0.1) is 19.8 Å². The zero-order valence-corrected chi connectivity index (χ0v) is 15.9. The van der Waals surface area contributed by atoms with E-state index in [1.165, 1.54) is 0 Å². The van der Waals surface area contributed by atoms with E-state index in [1.54, 1.807) is 0 Å². The van der Waals surface area contributed by atoms with Gasteiger partial charge in [0.1, 0.15) is 18.3 Å². The minimum absolute atomic E-state index is 0.659. The van der Waals surface area contributed by atoms with Crippen molar-refractivity contribution in [3.8, 4) is 0 Å². The summed E-state index contributed by atoms with van der Waals surface area (Å²) >= 11 is 0. The summed E-state index contributed by atoms with van der Waals surface area (Å²) in [5.74, 6) is 0. The highest BCUT2D eigenvalue weighted by atomic mass is 16.9. The van der Waals surface area contributed by atoms with Gasteiger partial charge in [0.2, 0.25) is 37.7 Å². The highest BCUT2D eigenvalue weighted by Crippen LogP contribution is 2.28. The molecule has 0 spiro atoms. The lowest BCUT2D eigenvalue weighted by atomic mass is 10.3. The first-order valence-corrected chi connectivity index (χ1v) is 9.24. The molecule has 3 rings (SSSR count). The first kappa shape index (κ1) is 25.0. The van der Waals surface area contributed by atoms with Gasteiger partial charge >= 0.3 is 0 Å². The van der Waals surface area contributed by atoms with E-state index in [4.69, 9.17) is 43.0 Å². The first-order valence-electron chi connectivity index (χ1n) is 9.24. The number of hydrogen-bond donors (Lipinski definition) is 8. The van der Waals surface area contributed by atoms with Crippen molar-refractivity contribution in [2.75, 3.05) is 19.8 Å². The van der Waals surface area contributed by atoms with Gasteiger partial charge in [-0.15, -0.1) is 0 Å². The van der Waals surface area contributed by atoms with Crippen LogP contribution in [0.15, 0.2) is 0 Å². The van der Waals surface area contributed by atoms with Gasteiger partial charge in [0.25, 0.3) is 0 Å². The van der Waals surface area contributed by atoms with Gasteiger partial charge in [-0.1, -0.05) is 0 Å². The van der Waals surface area contributed by atoms with E-state index in [2.05, 4.69) is 0 Å². The van der Waals surface area contributed by atoms with E-state index >= 15 is 0 Å². The number of hydrogen-bond acceptors (Lipinski definition) is 16. The highest BCUT2D eigenvalue weighted by molar-refractivity contribution is 4.76. The quantitative estimate of drug-likeness (QED) is 0.176. The van der Waals surface area contributed by atoms with E-state index in [0.29, 0.717) is 0 Å². The molecule has 0 amide bonds. The zero-order chi connectivity index (χ0) is 22.7. The van der Waals surface area contributed by atoms with Crippen molar-refractivity contribution in [3.05, 3.63) is 0 Å². The largest absolute Gasteiger partial charge is 0.393 e. The number of aliphatic hydroxyl groups excluding tert-OH is 8. The summed E-state index contributed by atoms with van der Waals surface area (Å²) in [6.45, 7) is -2.06. The normalized spacial score (nSPS) is 49.2. The summed E-state index contributed by atoms with van der Waals surface area (Å²) in [6, 6.07) is 0. The second kappa shape index (κ2) is 11.0. The molecule has 0 bridgehead atoms. The average Bonchev–Trinajstić information content (AvgIpc) is 2.74. The smallest absolute Gasteiger partial charge is 0.212 e. The Bertz CT molecular complexity index is 553. The standard InChI is InChI=1S/C15H26O16/c16-1-4-7(19)27-10(22)14(25-4)31-13-6(3-18)26-15(11(23)29-13)30-12-5(2-17)24-8(20)9(21)28-12/h4-23H,1-3H2/t4?,5?,6?,7-,8-,9?,10?,11?,12+,13+,14+,15+/m0/s1. The maximum atomic E-state index is 10.2. The molecule has 3 fully saturated rings. The van der Waals surface area contributed by atoms with Crippen molar-refractivity contribution in [2.24, 2.45) is 0 Å². The Hall–Kier alpha value is -0.640. The Morgan fingerprint density at radius 3 is 1.39 bits per heavy atom. The monoisotopic (exact) mass is 462 g/mol. The van der Waals surface area contributed by atoms with E-state index in [9.17, 15) is 35.7 Å². The van der Waals surface area contributed by atoms with Crippen LogP contribution >= 0.6 is 0 Å². The van der Waals surface area contributed by atoms with Gasteiger partial charge in [-0.2, -0.15) is 0 Å². The van der Waals surface area contributed by atoms with Crippen LogP contribution in [-0.4, -0.2) is 136 Å². The van der Waals surface area contributed by atoms with Crippen molar-refractivity contribution < 1.29 is 78.7 Å².